The number of thioether (sulfide) groups is 1. The van der Waals surface area contributed by atoms with E-state index in [0.717, 1.165) is 27.0 Å². The first kappa shape index (κ1) is 18.6. The zero-order chi connectivity index (χ0) is 19.7. The van der Waals surface area contributed by atoms with E-state index in [0.29, 0.717) is 16.7 Å². The lowest BCUT2D eigenvalue weighted by Gasteiger charge is -2.19. The number of ether oxygens (including phenoxy) is 1. The summed E-state index contributed by atoms with van der Waals surface area (Å²) >= 11 is 4.96. The number of aromatic nitrogens is 3. The van der Waals surface area contributed by atoms with Gasteiger partial charge in [0.15, 0.2) is 11.9 Å². The van der Waals surface area contributed by atoms with Crippen molar-refractivity contribution in [3.05, 3.63) is 62.6 Å². The van der Waals surface area contributed by atoms with Gasteiger partial charge in [0.2, 0.25) is 11.0 Å². The zero-order valence-electron chi connectivity index (χ0n) is 14.6. The molecule has 8 nitrogen and oxygen atoms in total. The Hall–Kier alpha value is -2.72. The van der Waals surface area contributed by atoms with Crippen LogP contribution >= 0.6 is 27.7 Å². The molecule has 0 saturated heterocycles. The van der Waals surface area contributed by atoms with Crippen molar-refractivity contribution in [3.63, 3.8) is 0 Å². The lowest BCUT2D eigenvalue weighted by molar-refractivity contribution is -0.384. The van der Waals surface area contributed by atoms with Crippen LogP contribution in [0.1, 0.15) is 18.7 Å². The molecule has 0 spiro atoms. The van der Waals surface area contributed by atoms with E-state index in [9.17, 15) is 10.1 Å². The van der Waals surface area contributed by atoms with E-state index in [1.807, 2.05) is 25.1 Å². The Morgan fingerprint density at radius 2 is 2.04 bits per heavy atom. The molecule has 1 N–H and O–H groups in total. The van der Waals surface area contributed by atoms with Gasteiger partial charge in [-0.3, -0.25) is 10.1 Å². The van der Waals surface area contributed by atoms with E-state index in [2.05, 4.69) is 36.4 Å². The van der Waals surface area contributed by atoms with Gasteiger partial charge in [-0.05, 0) is 36.1 Å². The van der Waals surface area contributed by atoms with Crippen LogP contribution in [0.25, 0.3) is 11.3 Å². The molecule has 4 rings (SSSR count). The molecule has 142 valence electrons. The van der Waals surface area contributed by atoms with E-state index in [-0.39, 0.29) is 5.69 Å². The van der Waals surface area contributed by atoms with Gasteiger partial charge < -0.3 is 10.1 Å². The fraction of sp³-hybridized carbons (Fsp3) is 0.167. The molecule has 0 amide bonds. The Morgan fingerprint density at radius 1 is 1.25 bits per heavy atom. The van der Waals surface area contributed by atoms with Crippen LogP contribution in [0.4, 0.5) is 11.4 Å². The molecule has 0 aliphatic carbocycles. The molecule has 10 heteroatoms. The third-order valence-electron chi connectivity index (χ3n) is 4.07. The number of nitrogens with zero attached hydrogens (tertiary/aromatic N) is 4. The van der Waals surface area contributed by atoms with Gasteiger partial charge in [-0.2, -0.15) is 4.98 Å². The molecular weight excluding hydrogens is 446 g/mol. The summed E-state index contributed by atoms with van der Waals surface area (Å²) < 4.78 is 7.02. The van der Waals surface area contributed by atoms with Crippen LogP contribution in [-0.2, 0) is 0 Å². The second-order valence-corrected chi connectivity index (χ2v) is 8.01. The number of nitro benzene ring substituents is 1. The molecule has 0 unspecified atom stereocenters. The van der Waals surface area contributed by atoms with Crippen molar-refractivity contribution in [2.45, 2.75) is 18.3 Å². The van der Waals surface area contributed by atoms with Crippen molar-refractivity contribution >= 4 is 39.1 Å². The minimum atomic E-state index is -0.585. The molecule has 1 atom stereocenters. The number of nitrogens with one attached hydrogen (secondary N) is 1. The Labute approximate surface area is 173 Å². The van der Waals surface area contributed by atoms with Gasteiger partial charge in [0.1, 0.15) is 0 Å². The predicted octanol–water partition coefficient (Wildman–Crippen LogP) is 4.82. The highest BCUT2D eigenvalue weighted by atomic mass is 79.9. The standard InChI is InChI=1S/C18H14BrN5O3S/c1-2-28-18-21-17-15(22-23-18)13-9-11(19)5-8-14(13)20-16(27-17)10-3-6-12(7-4-10)24(25)26/h3-9,16,20H,2H2,1H3/t16-/m0/s1. The van der Waals surface area contributed by atoms with Crippen molar-refractivity contribution < 1.29 is 9.66 Å². The summed E-state index contributed by atoms with van der Waals surface area (Å²) in [5, 5.41) is 23.3. The summed E-state index contributed by atoms with van der Waals surface area (Å²) in [6, 6.07) is 12.0. The number of halogens is 1. The highest BCUT2D eigenvalue weighted by molar-refractivity contribution is 9.10. The average Bonchev–Trinajstić information content (AvgIpc) is 2.84. The van der Waals surface area contributed by atoms with Gasteiger partial charge in [-0.25, -0.2) is 0 Å². The zero-order valence-corrected chi connectivity index (χ0v) is 17.0. The van der Waals surface area contributed by atoms with E-state index in [1.165, 1.54) is 23.9 Å². The van der Waals surface area contributed by atoms with E-state index in [1.54, 1.807) is 12.1 Å². The number of benzene rings is 2. The van der Waals surface area contributed by atoms with Crippen LogP contribution in [0.5, 0.6) is 5.88 Å². The summed E-state index contributed by atoms with van der Waals surface area (Å²) in [5.41, 5.74) is 2.90. The summed E-state index contributed by atoms with van der Waals surface area (Å²) in [4.78, 5) is 15.0. The number of hydrogen-bond acceptors (Lipinski definition) is 8. The maximum atomic E-state index is 10.9. The first-order chi connectivity index (χ1) is 13.5. The Bertz CT molecular complexity index is 1050. The lowest BCUT2D eigenvalue weighted by atomic mass is 10.1. The highest BCUT2D eigenvalue weighted by Gasteiger charge is 2.26. The maximum absolute atomic E-state index is 10.9. The molecule has 2 heterocycles. The third kappa shape index (κ3) is 3.65. The van der Waals surface area contributed by atoms with E-state index >= 15 is 0 Å². The second kappa shape index (κ2) is 7.72. The quantitative estimate of drug-likeness (QED) is 0.336. The Morgan fingerprint density at radius 3 is 2.75 bits per heavy atom. The van der Waals surface area contributed by atoms with E-state index < -0.39 is 11.2 Å². The molecular formula is C18H14BrN5O3S. The summed E-state index contributed by atoms with van der Waals surface area (Å²) in [5.74, 6) is 1.17. The summed E-state index contributed by atoms with van der Waals surface area (Å²) in [6.07, 6.45) is -0.585. The molecule has 1 aliphatic rings. The molecule has 1 aromatic heterocycles. The first-order valence-electron chi connectivity index (χ1n) is 8.40. The molecule has 0 saturated carbocycles. The number of rotatable bonds is 4. The van der Waals surface area contributed by atoms with Gasteiger partial charge in [-0.1, -0.05) is 34.6 Å². The lowest BCUT2D eigenvalue weighted by Crippen LogP contribution is -2.17. The molecule has 2 aromatic carbocycles. The van der Waals surface area contributed by atoms with Crippen LogP contribution in [-0.4, -0.2) is 25.9 Å². The average molecular weight is 460 g/mol. The van der Waals surface area contributed by atoms with Gasteiger partial charge in [-0.15, -0.1) is 10.2 Å². The fourth-order valence-electron chi connectivity index (χ4n) is 2.78. The molecule has 0 fully saturated rings. The Kier molecular flexibility index (Phi) is 5.14. The minimum Gasteiger partial charge on any atom is -0.448 e. The van der Waals surface area contributed by atoms with Crippen LogP contribution in [0.15, 0.2) is 52.1 Å². The largest absolute Gasteiger partial charge is 0.448 e. The summed E-state index contributed by atoms with van der Waals surface area (Å²) in [7, 11) is 0. The topological polar surface area (TPSA) is 103 Å². The van der Waals surface area contributed by atoms with Crippen molar-refractivity contribution in [2.24, 2.45) is 0 Å². The van der Waals surface area contributed by atoms with Crippen molar-refractivity contribution in [2.75, 3.05) is 11.1 Å². The number of fused-ring (bicyclic) bond motifs is 3. The van der Waals surface area contributed by atoms with Gasteiger partial charge in [0.05, 0.1) is 4.92 Å². The fourth-order valence-corrected chi connectivity index (χ4v) is 3.65. The Balaban J connectivity index is 1.80. The highest BCUT2D eigenvalue weighted by Crippen LogP contribution is 2.40. The molecule has 1 aliphatic heterocycles. The van der Waals surface area contributed by atoms with Crippen molar-refractivity contribution in [3.8, 4) is 17.1 Å². The number of nitro groups is 1. The van der Waals surface area contributed by atoms with Crippen LogP contribution < -0.4 is 10.1 Å². The van der Waals surface area contributed by atoms with Crippen molar-refractivity contribution in [1.82, 2.24) is 15.2 Å². The van der Waals surface area contributed by atoms with Crippen molar-refractivity contribution in [1.29, 1.82) is 0 Å². The number of anilines is 1. The van der Waals surface area contributed by atoms with Gasteiger partial charge >= 0.3 is 0 Å². The van der Waals surface area contributed by atoms with Crippen LogP contribution in [0.2, 0.25) is 0 Å². The van der Waals surface area contributed by atoms with Gasteiger partial charge in [0.25, 0.3) is 5.69 Å². The molecule has 0 radical (unpaired) electrons. The third-order valence-corrected chi connectivity index (χ3v) is 5.28. The van der Waals surface area contributed by atoms with E-state index in [4.69, 9.17) is 4.74 Å². The molecule has 0 bridgehead atoms. The smallest absolute Gasteiger partial charge is 0.269 e. The predicted molar refractivity (Wildman–Crippen MR) is 109 cm³/mol. The maximum Gasteiger partial charge on any atom is 0.269 e. The van der Waals surface area contributed by atoms with Gasteiger partial charge in [0, 0.05) is 33.4 Å². The van der Waals surface area contributed by atoms with Crippen LogP contribution in [0.3, 0.4) is 0 Å². The molecule has 3 aromatic rings. The number of non-ortho nitro benzene ring substituents is 1. The second-order valence-electron chi connectivity index (χ2n) is 5.86. The minimum absolute atomic E-state index is 0.0210. The number of hydrogen-bond donors (Lipinski definition) is 1. The molecule has 28 heavy (non-hydrogen) atoms. The van der Waals surface area contributed by atoms with Crippen LogP contribution in [0, 0.1) is 10.1 Å². The normalized spacial score (nSPS) is 14.9. The first-order valence-corrected chi connectivity index (χ1v) is 10.2. The summed E-state index contributed by atoms with van der Waals surface area (Å²) in [6.45, 7) is 2.01. The monoisotopic (exact) mass is 459 g/mol. The SMILES string of the molecule is CCSc1nnc2c(n1)O[C@@H](c1ccc([N+](=O)[O-])cc1)Nc1ccc(Br)cc1-2.